The molecule has 0 spiro atoms. The van der Waals surface area contributed by atoms with Crippen molar-refractivity contribution < 1.29 is 0 Å². The van der Waals surface area contributed by atoms with Gasteiger partial charge in [-0.25, -0.2) is 0 Å². The molecule has 0 aliphatic heterocycles. The van der Waals surface area contributed by atoms with Gasteiger partial charge in [0.15, 0.2) is 0 Å². The molecule has 1 heteroatoms. The molecule has 0 radical (unpaired) electrons. The van der Waals surface area contributed by atoms with Crippen molar-refractivity contribution in [3.63, 3.8) is 0 Å². The fourth-order valence-corrected chi connectivity index (χ4v) is 0.760. The first kappa shape index (κ1) is 8.70. The molecule has 54 valence electrons. The minimum Gasteiger partial charge on any atom is -0.331 e. The monoisotopic (exact) mass is 127 g/mol. The summed E-state index contributed by atoms with van der Waals surface area (Å²) in [5.74, 6) is 0. The smallest absolute Gasteiger partial charge is 0.0106 e. The Bertz CT molecular complexity index is 59.0. The van der Waals surface area contributed by atoms with Crippen molar-refractivity contribution >= 4 is 0 Å². The maximum Gasteiger partial charge on any atom is -0.0106 e. The van der Waals surface area contributed by atoms with Gasteiger partial charge in [-0.05, 0) is 32.2 Å². The van der Waals surface area contributed by atoms with Crippen molar-refractivity contribution in [1.82, 2.24) is 0 Å². The van der Waals surface area contributed by atoms with Crippen LogP contribution in [0.2, 0.25) is 0 Å². The van der Waals surface area contributed by atoms with E-state index in [1.54, 1.807) is 0 Å². The Morgan fingerprint density at radius 1 is 1.22 bits per heavy atom. The summed E-state index contributed by atoms with van der Waals surface area (Å²) in [6.07, 6.45) is 10.0. The van der Waals surface area contributed by atoms with E-state index in [9.17, 15) is 0 Å². The zero-order valence-electron chi connectivity index (χ0n) is 6.27. The molecule has 0 fully saturated rings. The Labute approximate surface area is 57.9 Å². The van der Waals surface area contributed by atoms with Crippen LogP contribution in [0.3, 0.4) is 0 Å². The summed E-state index contributed by atoms with van der Waals surface area (Å²) in [5.41, 5.74) is 4.85. The normalized spacial score (nSPS) is 16.2. The Morgan fingerprint density at radius 3 is 1.67 bits per heavy atom. The molecule has 0 aromatic rings. The van der Waals surface area contributed by atoms with Crippen LogP contribution in [0.4, 0.5) is 0 Å². The molecule has 0 saturated heterocycles. The molecule has 2 N–H and O–H groups in total. The molecule has 1 nitrogen and oxygen atoms in total. The second-order valence-corrected chi connectivity index (χ2v) is 2.16. The molecule has 9 heavy (non-hydrogen) atoms. The highest BCUT2D eigenvalue weighted by Crippen LogP contribution is 2.07. The molecule has 0 aromatic carbocycles. The summed E-state index contributed by atoms with van der Waals surface area (Å²) in [6.45, 7) is 2.65. The van der Waals surface area contributed by atoms with Crippen LogP contribution in [-0.2, 0) is 0 Å². The van der Waals surface area contributed by atoms with Crippen LogP contribution in [0.15, 0.2) is 12.2 Å². The van der Waals surface area contributed by atoms with Crippen LogP contribution in [-0.4, -0.2) is 6.54 Å². The van der Waals surface area contributed by atoms with Gasteiger partial charge in [0, 0.05) is 0 Å². The number of nitrogens with two attached hydrogens (primary N) is 1. The van der Waals surface area contributed by atoms with E-state index in [2.05, 4.69) is 12.2 Å². The van der Waals surface area contributed by atoms with Crippen LogP contribution in [0.25, 0.3) is 0 Å². The molecule has 0 aromatic heterocycles. The average molecular weight is 127 g/mol. The SMILES string of the molecule is C1=CCCCC1.CCN. The summed E-state index contributed by atoms with van der Waals surface area (Å²) in [6, 6.07) is 0. The van der Waals surface area contributed by atoms with Gasteiger partial charge in [-0.2, -0.15) is 0 Å². The van der Waals surface area contributed by atoms with Gasteiger partial charge < -0.3 is 5.73 Å². The summed E-state index contributed by atoms with van der Waals surface area (Å²) in [7, 11) is 0. The molecular formula is C8H17N. The molecule has 0 atom stereocenters. The van der Waals surface area contributed by atoms with E-state index in [0.717, 1.165) is 6.54 Å². The van der Waals surface area contributed by atoms with Crippen LogP contribution in [0.5, 0.6) is 0 Å². The predicted octanol–water partition coefficient (Wildman–Crippen LogP) is 2.08. The lowest BCUT2D eigenvalue weighted by Gasteiger charge is -1.97. The van der Waals surface area contributed by atoms with E-state index in [0.29, 0.717) is 0 Å². The van der Waals surface area contributed by atoms with Crippen LogP contribution in [0, 0.1) is 0 Å². The molecule has 0 saturated carbocycles. The highest BCUT2D eigenvalue weighted by atomic mass is 14.5. The summed E-state index contributed by atoms with van der Waals surface area (Å²) in [4.78, 5) is 0. The molecule has 1 aliphatic carbocycles. The van der Waals surface area contributed by atoms with E-state index in [-0.39, 0.29) is 0 Å². The average Bonchev–Trinajstić information content (AvgIpc) is 1.93. The maximum atomic E-state index is 4.85. The third kappa shape index (κ3) is 7.70. The van der Waals surface area contributed by atoms with Gasteiger partial charge in [0.25, 0.3) is 0 Å². The van der Waals surface area contributed by atoms with Gasteiger partial charge in [0.1, 0.15) is 0 Å². The van der Waals surface area contributed by atoms with E-state index in [4.69, 9.17) is 5.73 Å². The third-order valence-electron chi connectivity index (χ3n) is 1.16. The maximum absolute atomic E-state index is 4.85. The first-order valence-electron chi connectivity index (χ1n) is 3.77. The van der Waals surface area contributed by atoms with Gasteiger partial charge >= 0.3 is 0 Å². The molecule has 1 aliphatic rings. The molecule has 1 rings (SSSR count). The van der Waals surface area contributed by atoms with Crippen LogP contribution in [0.1, 0.15) is 32.6 Å². The molecule has 0 bridgehead atoms. The zero-order valence-corrected chi connectivity index (χ0v) is 6.27. The first-order chi connectivity index (χ1) is 4.41. The fourth-order valence-electron chi connectivity index (χ4n) is 0.760. The van der Waals surface area contributed by atoms with Crippen molar-refractivity contribution in [2.24, 2.45) is 5.73 Å². The Kier molecular flexibility index (Phi) is 7.44. The highest BCUT2D eigenvalue weighted by Gasteiger charge is 1.87. The highest BCUT2D eigenvalue weighted by molar-refractivity contribution is 4.85. The predicted molar refractivity (Wildman–Crippen MR) is 42.3 cm³/mol. The number of rotatable bonds is 0. The first-order valence-corrected chi connectivity index (χ1v) is 3.77. The lowest BCUT2D eigenvalue weighted by atomic mass is 10.1. The molecule has 0 heterocycles. The fraction of sp³-hybridized carbons (Fsp3) is 0.750. The van der Waals surface area contributed by atoms with E-state index >= 15 is 0 Å². The van der Waals surface area contributed by atoms with E-state index < -0.39 is 0 Å². The third-order valence-corrected chi connectivity index (χ3v) is 1.16. The van der Waals surface area contributed by atoms with Crippen LogP contribution >= 0.6 is 0 Å². The second-order valence-electron chi connectivity index (χ2n) is 2.16. The zero-order chi connectivity index (χ0) is 6.95. The summed E-state index contributed by atoms with van der Waals surface area (Å²) >= 11 is 0. The second kappa shape index (κ2) is 7.70. The topological polar surface area (TPSA) is 26.0 Å². The van der Waals surface area contributed by atoms with E-state index in [1.807, 2.05) is 6.92 Å². The van der Waals surface area contributed by atoms with Crippen molar-refractivity contribution in [2.45, 2.75) is 32.6 Å². The Morgan fingerprint density at radius 2 is 1.56 bits per heavy atom. The van der Waals surface area contributed by atoms with Gasteiger partial charge in [0.05, 0.1) is 0 Å². The lowest BCUT2D eigenvalue weighted by molar-refractivity contribution is 0.730. The van der Waals surface area contributed by atoms with Gasteiger partial charge in [0.2, 0.25) is 0 Å². The van der Waals surface area contributed by atoms with Gasteiger partial charge in [-0.1, -0.05) is 19.1 Å². The van der Waals surface area contributed by atoms with Crippen molar-refractivity contribution in [1.29, 1.82) is 0 Å². The molecular weight excluding hydrogens is 110 g/mol. The standard InChI is InChI=1S/C6H10.C2H7N/c1-2-4-6-5-3-1;1-2-3/h1-2H,3-6H2;2-3H2,1H3. The van der Waals surface area contributed by atoms with Gasteiger partial charge in [-0.15, -0.1) is 0 Å². The van der Waals surface area contributed by atoms with E-state index in [1.165, 1.54) is 25.7 Å². The van der Waals surface area contributed by atoms with Gasteiger partial charge in [-0.3, -0.25) is 0 Å². The van der Waals surface area contributed by atoms with Crippen LogP contribution < -0.4 is 5.73 Å². The van der Waals surface area contributed by atoms with Crippen molar-refractivity contribution in [3.8, 4) is 0 Å². The number of hydrogen-bond donors (Lipinski definition) is 1. The molecule has 0 amide bonds. The Balaban J connectivity index is 0.000000187. The minimum absolute atomic E-state index is 0.750. The number of hydrogen-bond acceptors (Lipinski definition) is 1. The largest absolute Gasteiger partial charge is 0.331 e. The lowest BCUT2D eigenvalue weighted by Crippen LogP contribution is -1.87. The minimum atomic E-state index is 0.750. The quantitative estimate of drug-likeness (QED) is 0.495. The Hall–Kier alpha value is -0.300. The molecule has 0 unspecified atom stereocenters. The van der Waals surface area contributed by atoms with Crippen molar-refractivity contribution in [2.75, 3.05) is 6.54 Å². The van der Waals surface area contributed by atoms with Crippen molar-refractivity contribution in [3.05, 3.63) is 12.2 Å². The number of allylic oxidation sites excluding steroid dienone is 2. The summed E-state index contributed by atoms with van der Waals surface area (Å²) < 4.78 is 0. The summed E-state index contributed by atoms with van der Waals surface area (Å²) in [5, 5.41) is 0.